The summed E-state index contributed by atoms with van der Waals surface area (Å²) in [6.45, 7) is 7.56. The number of rotatable bonds is 10. The molecule has 12 nitrogen and oxygen atoms in total. The Labute approximate surface area is 299 Å². The highest BCUT2D eigenvalue weighted by Crippen LogP contribution is 2.40. The zero-order chi connectivity index (χ0) is 36.2. The molecular weight excluding hydrogens is 670 g/mol. The number of ether oxygens (including phenoxy) is 2. The number of hydrogen-bond donors (Lipinski definition) is 1. The number of aliphatic hydroxyl groups excluding tert-OH is 1. The Morgan fingerprint density at radius 3 is 2.25 bits per heavy atom. The smallest absolute Gasteiger partial charge is 0.350 e. The van der Waals surface area contributed by atoms with Gasteiger partial charge in [-0.25, -0.2) is 27.8 Å². The summed E-state index contributed by atoms with van der Waals surface area (Å²) in [5.41, 5.74) is 1.51. The Morgan fingerprint density at radius 1 is 0.962 bits per heavy atom. The van der Waals surface area contributed by atoms with Gasteiger partial charge in [0.1, 0.15) is 36.4 Å². The van der Waals surface area contributed by atoms with Crippen LogP contribution in [0.2, 0.25) is 0 Å². The van der Waals surface area contributed by atoms with Crippen LogP contribution in [-0.2, 0) is 10.3 Å². The second-order valence-electron chi connectivity index (χ2n) is 13.1. The SMILES string of the molecule is CCC([C@H](C)O)n1ncn(-c2ccc(N3CCN(c4ccc(OC[C@@H]5CO[C@@](C#Cn6cncn6)(c6ccc(F)cc6F)C5)cc4)CC3)cc2)c1=O. The normalized spacial score (nSPS) is 20.0. The van der Waals surface area contributed by atoms with Crippen LogP contribution in [0.1, 0.15) is 38.3 Å². The van der Waals surface area contributed by atoms with E-state index in [2.05, 4.69) is 36.9 Å². The second kappa shape index (κ2) is 15.0. The molecule has 2 aliphatic heterocycles. The molecule has 1 N–H and O–H groups in total. The van der Waals surface area contributed by atoms with Crippen molar-refractivity contribution in [2.75, 3.05) is 49.2 Å². The number of nitrogens with zero attached hydrogens (tertiary/aromatic N) is 8. The average Bonchev–Trinajstić information content (AvgIpc) is 3.92. The van der Waals surface area contributed by atoms with Crippen molar-refractivity contribution in [3.8, 4) is 23.4 Å². The van der Waals surface area contributed by atoms with Gasteiger partial charge in [-0.3, -0.25) is 0 Å². The van der Waals surface area contributed by atoms with Crippen molar-refractivity contribution >= 4 is 11.4 Å². The Balaban J connectivity index is 0.931. The van der Waals surface area contributed by atoms with Gasteiger partial charge in [0.15, 0.2) is 5.60 Å². The van der Waals surface area contributed by atoms with E-state index < -0.39 is 23.3 Å². The zero-order valence-corrected chi connectivity index (χ0v) is 29.0. The number of benzene rings is 3. The third-order valence-corrected chi connectivity index (χ3v) is 9.74. The second-order valence-corrected chi connectivity index (χ2v) is 13.1. The van der Waals surface area contributed by atoms with Gasteiger partial charge >= 0.3 is 5.69 Å². The summed E-state index contributed by atoms with van der Waals surface area (Å²) in [6.07, 6.45) is 4.57. The van der Waals surface area contributed by atoms with Crippen molar-refractivity contribution in [3.63, 3.8) is 0 Å². The van der Waals surface area contributed by atoms with Crippen LogP contribution in [0.5, 0.6) is 5.75 Å². The highest BCUT2D eigenvalue weighted by atomic mass is 19.1. The van der Waals surface area contributed by atoms with Crippen LogP contribution in [0.3, 0.4) is 0 Å². The highest BCUT2D eigenvalue weighted by molar-refractivity contribution is 5.54. The molecule has 0 radical (unpaired) electrons. The number of aliphatic hydroxyl groups is 1. The third-order valence-electron chi connectivity index (χ3n) is 9.74. The van der Waals surface area contributed by atoms with Crippen molar-refractivity contribution in [2.45, 2.75) is 44.4 Å². The molecule has 4 atom stereocenters. The number of piperazine rings is 1. The molecule has 1 unspecified atom stereocenters. The molecule has 0 spiro atoms. The van der Waals surface area contributed by atoms with Gasteiger partial charge < -0.3 is 24.4 Å². The van der Waals surface area contributed by atoms with E-state index in [1.165, 1.54) is 45.0 Å². The van der Waals surface area contributed by atoms with Gasteiger partial charge in [-0.2, -0.15) is 9.78 Å². The van der Waals surface area contributed by atoms with Crippen molar-refractivity contribution in [1.29, 1.82) is 0 Å². The lowest BCUT2D eigenvalue weighted by Gasteiger charge is -2.37. The van der Waals surface area contributed by atoms with Gasteiger partial charge in [0, 0.05) is 67.6 Å². The number of halogens is 2. The summed E-state index contributed by atoms with van der Waals surface area (Å²) in [4.78, 5) is 21.5. The van der Waals surface area contributed by atoms with Crippen LogP contribution in [0.4, 0.5) is 20.2 Å². The van der Waals surface area contributed by atoms with Gasteiger partial charge in [0.25, 0.3) is 0 Å². The van der Waals surface area contributed by atoms with Gasteiger partial charge in [0.2, 0.25) is 0 Å². The first-order valence-corrected chi connectivity index (χ1v) is 17.4. The lowest BCUT2D eigenvalue weighted by molar-refractivity contribution is 0.0449. The molecule has 14 heteroatoms. The zero-order valence-electron chi connectivity index (χ0n) is 29.0. The molecule has 270 valence electrons. The minimum Gasteiger partial charge on any atom is -0.493 e. The minimum atomic E-state index is -1.28. The standard InChI is InChI=1S/C38H40F2N8O4/c1-3-36(27(2)49)48-37(50)47(26-43-48)32-7-5-30(6-8-32)44-16-18-45(19-17-44)31-9-11-33(12-10-31)51-22-28-21-38(52-23-28,14-15-46-25-41-24-42-46)34-13-4-29(39)20-35(34)40/h4-13,20,24-28,36,49H,3,16-19,21-23H2,1-2H3/t27-,28+,36?,38+/m0/s1. The third kappa shape index (κ3) is 7.28. The molecule has 0 aliphatic carbocycles. The average molecular weight is 711 g/mol. The fraction of sp³-hybridized carbons (Fsp3) is 0.368. The maximum absolute atomic E-state index is 14.9. The Hall–Kier alpha value is -5.52. The van der Waals surface area contributed by atoms with Crippen LogP contribution < -0.4 is 20.2 Å². The van der Waals surface area contributed by atoms with Gasteiger partial charge in [-0.15, -0.1) is 5.10 Å². The van der Waals surface area contributed by atoms with E-state index >= 15 is 0 Å². The maximum Gasteiger partial charge on any atom is 0.350 e. The lowest BCUT2D eigenvalue weighted by atomic mass is 9.87. The van der Waals surface area contributed by atoms with Crippen LogP contribution in [0.25, 0.3) is 5.69 Å². The Bertz CT molecular complexity index is 2080. The summed E-state index contributed by atoms with van der Waals surface area (Å²) in [7, 11) is 0. The first-order valence-electron chi connectivity index (χ1n) is 17.4. The summed E-state index contributed by atoms with van der Waals surface area (Å²) in [5.74, 6) is 2.25. The summed E-state index contributed by atoms with van der Waals surface area (Å²) in [5, 5.41) is 18.3. The van der Waals surface area contributed by atoms with Crippen molar-refractivity contribution in [2.24, 2.45) is 5.92 Å². The fourth-order valence-corrected chi connectivity index (χ4v) is 6.92. The predicted molar refractivity (Wildman–Crippen MR) is 190 cm³/mol. The summed E-state index contributed by atoms with van der Waals surface area (Å²) < 4.78 is 45.1. The number of hydrogen-bond acceptors (Lipinski definition) is 9. The highest BCUT2D eigenvalue weighted by Gasteiger charge is 2.43. The fourth-order valence-electron chi connectivity index (χ4n) is 6.92. The Kier molecular flexibility index (Phi) is 10.1. The van der Waals surface area contributed by atoms with Crippen LogP contribution in [0, 0.1) is 29.5 Å². The number of anilines is 2. The molecule has 0 amide bonds. The topological polar surface area (TPSA) is 116 Å². The maximum atomic E-state index is 14.9. The molecule has 52 heavy (non-hydrogen) atoms. The van der Waals surface area contributed by atoms with E-state index in [4.69, 9.17) is 9.47 Å². The largest absolute Gasteiger partial charge is 0.493 e. The van der Waals surface area contributed by atoms with Gasteiger partial charge in [-0.1, -0.05) is 6.92 Å². The molecule has 0 saturated carbocycles. The summed E-state index contributed by atoms with van der Waals surface area (Å²) in [6, 6.07) is 21.8. The molecule has 5 aromatic rings. The molecule has 3 aromatic carbocycles. The first kappa shape index (κ1) is 34.9. The molecule has 2 saturated heterocycles. The first-order chi connectivity index (χ1) is 25.2. The van der Waals surface area contributed by atoms with Crippen molar-refractivity contribution in [3.05, 3.63) is 113 Å². The molecule has 7 rings (SSSR count). The van der Waals surface area contributed by atoms with Crippen molar-refractivity contribution in [1.82, 2.24) is 29.1 Å². The van der Waals surface area contributed by atoms with Crippen molar-refractivity contribution < 1.29 is 23.4 Å². The Morgan fingerprint density at radius 2 is 1.63 bits per heavy atom. The predicted octanol–water partition coefficient (Wildman–Crippen LogP) is 4.38. The lowest BCUT2D eigenvalue weighted by Crippen LogP contribution is -2.46. The van der Waals surface area contributed by atoms with E-state index in [0.717, 1.165) is 49.3 Å². The van der Waals surface area contributed by atoms with Crippen LogP contribution in [0.15, 0.2) is 90.5 Å². The van der Waals surface area contributed by atoms with E-state index in [1.807, 2.05) is 55.5 Å². The minimum absolute atomic E-state index is 0.0847. The molecular formula is C38H40F2N8O4. The van der Waals surface area contributed by atoms with E-state index in [1.54, 1.807) is 6.92 Å². The quantitative estimate of drug-likeness (QED) is 0.211. The molecule has 2 aliphatic rings. The molecule has 4 heterocycles. The van der Waals surface area contributed by atoms with E-state index in [9.17, 15) is 18.7 Å². The molecule has 2 aromatic heterocycles. The van der Waals surface area contributed by atoms with Crippen LogP contribution >= 0.6 is 0 Å². The van der Waals surface area contributed by atoms with E-state index in [0.29, 0.717) is 31.8 Å². The molecule has 2 fully saturated rings. The summed E-state index contributed by atoms with van der Waals surface area (Å²) >= 11 is 0. The molecule has 0 bridgehead atoms. The van der Waals surface area contributed by atoms with Gasteiger partial charge in [-0.05, 0) is 79.9 Å². The van der Waals surface area contributed by atoms with Gasteiger partial charge in [0.05, 0.1) is 31.0 Å². The van der Waals surface area contributed by atoms with E-state index in [-0.39, 0.29) is 23.2 Å². The van der Waals surface area contributed by atoms with Crippen LogP contribution in [-0.4, -0.2) is 79.7 Å². The number of aromatic nitrogens is 6. The monoisotopic (exact) mass is 710 g/mol.